The molecular weight excluding hydrogens is 432 g/mol. The highest BCUT2D eigenvalue weighted by molar-refractivity contribution is 5.98. The van der Waals surface area contributed by atoms with Crippen molar-refractivity contribution in [2.45, 2.75) is 13.0 Å². The molecule has 0 spiro atoms. The largest absolute Gasteiger partial charge is 0.484 e. The quantitative estimate of drug-likeness (QED) is 0.508. The lowest BCUT2D eigenvalue weighted by atomic mass is 10.1. The van der Waals surface area contributed by atoms with E-state index in [9.17, 15) is 9.59 Å². The molecule has 0 bridgehead atoms. The van der Waals surface area contributed by atoms with E-state index in [1.165, 1.54) is 6.20 Å². The van der Waals surface area contributed by atoms with Crippen molar-refractivity contribution in [3.05, 3.63) is 89.2 Å². The standard InChI is InChI=1S/C26H28N4O4/c27-26(32)23-17-28-21(15-24(23)29-16-19-5-2-1-3-6-19)13-20-7-4-8-22(14-20)34-18-25(31)30-9-11-33-12-10-30/h1-8,14-15,17H,9-13,16,18H2,(H2,27,32)(H,28,29). The van der Waals surface area contributed by atoms with E-state index in [2.05, 4.69) is 10.3 Å². The van der Waals surface area contributed by atoms with Crippen molar-refractivity contribution in [1.82, 2.24) is 9.88 Å². The van der Waals surface area contributed by atoms with Crippen molar-refractivity contribution in [3.63, 3.8) is 0 Å². The van der Waals surface area contributed by atoms with Gasteiger partial charge in [-0.25, -0.2) is 0 Å². The van der Waals surface area contributed by atoms with Crippen molar-refractivity contribution in [2.24, 2.45) is 5.73 Å². The third-order valence-corrected chi connectivity index (χ3v) is 5.56. The second-order valence-corrected chi connectivity index (χ2v) is 8.03. The van der Waals surface area contributed by atoms with Gasteiger partial charge in [-0.15, -0.1) is 0 Å². The van der Waals surface area contributed by atoms with Gasteiger partial charge in [0.25, 0.3) is 11.8 Å². The number of nitrogens with one attached hydrogen (secondary N) is 1. The van der Waals surface area contributed by atoms with Crippen LogP contribution in [-0.4, -0.2) is 54.6 Å². The third-order valence-electron chi connectivity index (χ3n) is 5.56. The van der Waals surface area contributed by atoms with E-state index in [1.54, 1.807) is 4.90 Å². The topological polar surface area (TPSA) is 107 Å². The summed E-state index contributed by atoms with van der Waals surface area (Å²) in [5.41, 5.74) is 9.38. The maximum atomic E-state index is 12.3. The van der Waals surface area contributed by atoms with Crippen LogP contribution in [0.2, 0.25) is 0 Å². The highest BCUT2D eigenvalue weighted by Crippen LogP contribution is 2.21. The first-order valence-electron chi connectivity index (χ1n) is 11.2. The van der Waals surface area contributed by atoms with Crippen LogP contribution in [0.1, 0.15) is 27.2 Å². The first-order valence-corrected chi connectivity index (χ1v) is 11.2. The van der Waals surface area contributed by atoms with Crippen LogP contribution in [0.4, 0.5) is 5.69 Å². The Kier molecular flexibility index (Phi) is 7.72. The van der Waals surface area contributed by atoms with Crippen LogP contribution in [0.15, 0.2) is 66.9 Å². The zero-order valence-corrected chi connectivity index (χ0v) is 18.9. The Bertz CT molecular complexity index is 1130. The van der Waals surface area contributed by atoms with Crippen LogP contribution in [-0.2, 0) is 22.5 Å². The number of amides is 2. The van der Waals surface area contributed by atoms with Gasteiger partial charge in [-0.2, -0.15) is 0 Å². The van der Waals surface area contributed by atoms with E-state index in [1.807, 2.05) is 60.7 Å². The lowest BCUT2D eigenvalue weighted by Gasteiger charge is -2.26. The molecular formula is C26H28N4O4. The van der Waals surface area contributed by atoms with Crippen molar-refractivity contribution in [2.75, 3.05) is 38.2 Å². The zero-order valence-electron chi connectivity index (χ0n) is 18.9. The highest BCUT2D eigenvalue weighted by Gasteiger charge is 2.17. The van der Waals surface area contributed by atoms with E-state index in [-0.39, 0.29) is 12.5 Å². The highest BCUT2D eigenvalue weighted by atomic mass is 16.5. The van der Waals surface area contributed by atoms with Crippen LogP contribution < -0.4 is 15.8 Å². The molecule has 34 heavy (non-hydrogen) atoms. The number of nitrogens with two attached hydrogens (primary N) is 1. The summed E-state index contributed by atoms with van der Waals surface area (Å²) >= 11 is 0. The number of nitrogens with zero attached hydrogens (tertiary/aromatic N) is 2. The lowest BCUT2D eigenvalue weighted by molar-refractivity contribution is -0.137. The molecule has 2 aromatic carbocycles. The van der Waals surface area contributed by atoms with Gasteiger partial charge in [-0.1, -0.05) is 42.5 Å². The third kappa shape index (κ3) is 6.32. The number of anilines is 1. The Morgan fingerprint density at radius 1 is 1.03 bits per heavy atom. The summed E-state index contributed by atoms with van der Waals surface area (Å²) in [5.74, 6) is 0.0387. The molecule has 2 amide bonds. The molecule has 0 unspecified atom stereocenters. The van der Waals surface area contributed by atoms with E-state index < -0.39 is 5.91 Å². The van der Waals surface area contributed by atoms with E-state index in [0.717, 1.165) is 16.8 Å². The smallest absolute Gasteiger partial charge is 0.260 e. The zero-order chi connectivity index (χ0) is 23.8. The Hall–Kier alpha value is -3.91. The Morgan fingerprint density at radius 2 is 1.79 bits per heavy atom. The summed E-state index contributed by atoms with van der Waals surface area (Å²) in [6.45, 7) is 2.86. The fourth-order valence-corrected chi connectivity index (χ4v) is 3.73. The molecule has 1 saturated heterocycles. The molecule has 176 valence electrons. The second-order valence-electron chi connectivity index (χ2n) is 8.03. The molecule has 1 aliphatic rings. The monoisotopic (exact) mass is 460 g/mol. The number of carbonyl (C=O) groups is 2. The minimum absolute atomic E-state index is 0.0113. The van der Waals surface area contributed by atoms with Crippen LogP contribution in [0.25, 0.3) is 0 Å². The molecule has 0 atom stereocenters. The number of ether oxygens (including phenoxy) is 2. The van der Waals surface area contributed by atoms with Gasteiger partial charge in [0.05, 0.1) is 24.5 Å². The number of pyridine rings is 1. The minimum atomic E-state index is -0.532. The lowest BCUT2D eigenvalue weighted by Crippen LogP contribution is -2.42. The number of aromatic nitrogens is 1. The van der Waals surface area contributed by atoms with Crippen LogP contribution in [0, 0.1) is 0 Å². The number of hydrogen-bond acceptors (Lipinski definition) is 6. The van der Waals surface area contributed by atoms with E-state index in [0.29, 0.717) is 56.3 Å². The molecule has 2 heterocycles. The van der Waals surface area contributed by atoms with Gasteiger partial charge >= 0.3 is 0 Å². The summed E-state index contributed by atoms with van der Waals surface area (Å²) in [4.78, 5) is 30.4. The fraction of sp³-hybridized carbons (Fsp3) is 0.269. The number of carbonyl (C=O) groups excluding carboxylic acids is 2. The summed E-state index contributed by atoms with van der Waals surface area (Å²) in [7, 11) is 0. The molecule has 1 aromatic heterocycles. The Labute approximate surface area is 198 Å². The fourth-order valence-electron chi connectivity index (χ4n) is 3.73. The number of morpholine rings is 1. The van der Waals surface area contributed by atoms with Crippen LogP contribution >= 0.6 is 0 Å². The van der Waals surface area contributed by atoms with Gasteiger partial charge in [-0.05, 0) is 29.3 Å². The van der Waals surface area contributed by atoms with Gasteiger partial charge < -0.3 is 25.4 Å². The summed E-state index contributed by atoms with van der Waals surface area (Å²) in [6, 6.07) is 19.3. The predicted octanol–water partition coefficient (Wildman–Crippen LogP) is 2.62. The van der Waals surface area contributed by atoms with Gasteiger partial charge in [-0.3, -0.25) is 14.6 Å². The van der Waals surface area contributed by atoms with Gasteiger partial charge in [0, 0.05) is 37.9 Å². The molecule has 3 N–H and O–H groups in total. The summed E-state index contributed by atoms with van der Waals surface area (Å²) < 4.78 is 11.0. The molecule has 0 aliphatic carbocycles. The van der Waals surface area contributed by atoms with Crippen molar-refractivity contribution in [1.29, 1.82) is 0 Å². The predicted molar refractivity (Wildman–Crippen MR) is 129 cm³/mol. The molecule has 0 saturated carbocycles. The minimum Gasteiger partial charge on any atom is -0.484 e. The molecule has 4 rings (SSSR count). The SMILES string of the molecule is NC(=O)c1cnc(Cc2cccc(OCC(=O)N3CCOCC3)c2)cc1NCc1ccccc1. The maximum absolute atomic E-state index is 12.3. The summed E-state index contributed by atoms with van der Waals surface area (Å²) in [6.07, 6.45) is 2.04. The van der Waals surface area contributed by atoms with E-state index >= 15 is 0 Å². The van der Waals surface area contributed by atoms with Gasteiger partial charge in [0.1, 0.15) is 5.75 Å². The molecule has 1 fully saturated rings. The molecule has 8 heteroatoms. The van der Waals surface area contributed by atoms with Crippen LogP contribution in [0.3, 0.4) is 0 Å². The van der Waals surface area contributed by atoms with Crippen LogP contribution in [0.5, 0.6) is 5.75 Å². The van der Waals surface area contributed by atoms with Crippen molar-refractivity contribution in [3.8, 4) is 5.75 Å². The number of primary amides is 1. The first kappa shape index (κ1) is 23.3. The van der Waals surface area contributed by atoms with Crippen molar-refractivity contribution < 1.29 is 19.1 Å². The molecule has 0 radical (unpaired) electrons. The summed E-state index contributed by atoms with van der Waals surface area (Å²) in [5, 5.41) is 3.30. The van der Waals surface area contributed by atoms with E-state index in [4.69, 9.17) is 15.2 Å². The van der Waals surface area contributed by atoms with Crippen molar-refractivity contribution >= 4 is 17.5 Å². The number of benzene rings is 2. The first-order chi connectivity index (χ1) is 16.6. The normalized spacial score (nSPS) is 13.4. The Morgan fingerprint density at radius 3 is 2.56 bits per heavy atom. The Balaban J connectivity index is 1.41. The van der Waals surface area contributed by atoms with Gasteiger partial charge in [0.15, 0.2) is 6.61 Å². The van der Waals surface area contributed by atoms with Gasteiger partial charge in [0.2, 0.25) is 0 Å². The molecule has 1 aliphatic heterocycles. The molecule has 3 aromatic rings. The maximum Gasteiger partial charge on any atom is 0.260 e. The molecule has 8 nitrogen and oxygen atoms in total. The number of rotatable bonds is 9. The average molecular weight is 461 g/mol. The number of hydrogen-bond donors (Lipinski definition) is 2. The second kappa shape index (κ2) is 11.3. The average Bonchev–Trinajstić information content (AvgIpc) is 2.87.